The number of methoxy groups -OCH3 is 2. The Morgan fingerprint density at radius 3 is 2.55 bits per heavy atom. The number of esters is 1. The summed E-state index contributed by atoms with van der Waals surface area (Å²) in [6.07, 6.45) is 3.51. The van der Waals surface area contributed by atoms with Crippen LogP contribution in [-0.4, -0.2) is 46.7 Å². The van der Waals surface area contributed by atoms with E-state index in [9.17, 15) is 9.59 Å². The van der Waals surface area contributed by atoms with E-state index in [0.717, 1.165) is 16.8 Å². The Bertz CT molecular complexity index is 1310. The zero-order valence-electron chi connectivity index (χ0n) is 22.4. The van der Waals surface area contributed by atoms with Gasteiger partial charge in [-0.05, 0) is 62.4 Å². The third-order valence-electron chi connectivity index (χ3n) is 5.90. The Morgan fingerprint density at radius 2 is 1.89 bits per heavy atom. The molecule has 0 fully saturated rings. The fourth-order valence-electron chi connectivity index (χ4n) is 4.23. The number of benzene rings is 1. The molecule has 1 atom stereocenters. The molecule has 0 aliphatic carbocycles. The predicted molar refractivity (Wildman–Crippen MR) is 146 cm³/mol. The van der Waals surface area contributed by atoms with Gasteiger partial charge in [0.25, 0.3) is 0 Å². The summed E-state index contributed by atoms with van der Waals surface area (Å²) in [4.78, 5) is 37.2. The molecule has 2 aromatic rings. The number of amidine groups is 1. The quantitative estimate of drug-likeness (QED) is 0.484. The van der Waals surface area contributed by atoms with Crippen molar-refractivity contribution in [3.05, 3.63) is 76.2 Å². The van der Waals surface area contributed by atoms with Crippen molar-refractivity contribution in [1.29, 1.82) is 0 Å². The maximum Gasteiger partial charge on any atom is 0.338 e. The number of rotatable bonds is 8. The van der Waals surface area contributed by atoms with Crippen LogP contribution in [0.25, 0.3) is 0 Å². The fourth-order valence-corrected chi connectivity index (χ4v) is 5.20. The van der Waals surface area contributed by atoms with Crippen molar-refractivity contribution in [3.8, 4) is 11.5 Å². The van der Waals surface area contributed by atoms with E-state index >= 15 is 0 Å². The number of amides is 1. The van der Waals surface area contributed by atoms with Gasteiger partial charge in [-0.2, -0.15) is 0 Å². The van der Waals surface area contributed by atoms with Crippen LogP contribution in [0.4, 0.5) is 0 Å². The fraction of sp³-hybridized carbons (Fsp3) is 0.357. The molecule has 0 bridgehead atoms. The largest absolute Gasteiger partial charge is 0.493 e. The Kier molecular flexibility index (Phi) is 8.11. The lowest BCUT2D eigenvalue weighted by Gasteiger charge is -2.37. The highest BCUT2D eigenvalue weighted by Crippen LogP contribution is 2.46. The van der Waals surface area contributed by atoms with Crippen molar-refractivity contribution >= 4 is 28.8 Å². The average molecular weight is 537 g/mol. The second-order valence-electron chi connectivity index (χ2n) is 9.82. The Morgan fingerprint density at radius 1 is 1.13 bits per heavy atom. The van der Waals surface area contributed by atoms with Gasteiger partial charge in [-0.1, -0.05) is 23.9 Å². The molecule has 0 unspecified atom stereocenters. The van der Waals surface area contributed by atoms with Crippen LogP contribution in [0.3, 0.4) is 0 Å². The molecule has 2 aliphatic heterocycles. The molecule has 0 saturated heterocycles. The van der Waals surface area contributed by atoms with Gasteiger partial charge in [-0.15, -0.1) is 0 Å². The van der Waals surface area contributed by atoms with E-state index in [2.05, 4.69) is 10.3 Å². The second kappa shape index (κ2) is 11.3. The van der Waals surface area contributed by atoms with E-state index in [4.69, 9.17) is 19.2 Å². The number of thioether (sulfide) groups is 1. The minimum absolute atomic E-state index is 0.108. The van der Waals surface area contributed by atoms with Gasteiger partial charge in [0.05, 0.1) is 38.0 Å². The summed E-state index contributed by atoms with van der Waals surface area (Å²) >= 11 is 1.42. The summed E-state index contributed by atoms with van der Waals surface area (Å²) in [7, 11) is 3.13. The lowest BCUT2D eigenvalue weighted by Crippen LogP contribution is -2.39. The van der Waals surface area contributed by atoms with Crippen LogP contribution in [0, 0.1) is 0 Å². The monoisotopic (exact) mass is 536 g/mol. The van der Waals surface area contributed by atoms with Gasteiger partial charge < -0.3 is 24.4 Å². The van der Waals surface area contributed by atoms with Crippen molar-refractivity contribution < 1.29 is 23.8 Å². The van der Waals surface area contributed by atoms with Crippen LogP contribution < -0.4 is 14.8 Å². The van der Waals surface area contributed by atoms with Crippen molar-refractivity contribution in [2.24, 2.45) is 4.99 Å². The van der Waals surface area contributed by atoms with Crippen LogP contribution in [-0.2, 0) is 20.9 Å². The van der Waals surface area contributed by atoms with Gasteiger partial charge >= 0.3 is 5.97 Å². The highest BCUT2D eigenvalue weighted by Gasteiger charge is 2.42. The number of nitrogens with zero attached hydrogens (tertiary/aromatic N) is 3. The molecule has 1 amide bonds. The summed E-state index contributed by atoms with van der Waals surface area (Å²) in [5.41, 5.74) is 2.68. The molecular formula is C28H32N4O5S. The number of aromatic nitrogens is 1. The Hall–Kier alpha value is -3.79. The van der Waals surface area contributed by atoms with Crippen LogP contribution in [0.1, 0.15) is 51.3 Å². The van der Waals surface area contributed by atoms with Crippen molar-refractivity contribution in [3.63, 3.8) is 0 Å². The highest BCUT2D eigenvalue weighted by atomic mass is 32.2. The van der Waals surface area contributed by atoms with E-state index in [1.165, 1.54) is 11.8 Å². The van der Waals surface area contributed by atoms with Crippen LogP contribution >= 0.6 is 11.8 Å². The van der Waals surface area contributed by atoms with Gasteiger partial charge in [-0.3, -0.25) is 9.78 Å². The second-order valence-corrected chi connectivity index (χ2v) is 10.7. The number of hydrogen-bond donors (Lipinski definition) is 1. The lowest BCUT2D eigenvalue weighted by atomic mass is 9.93. The zero-order valence-corrected chi connectivity index (χ0v) is 23.2. The minimum Gasteiger partial charge on any atom is -0.493 e. The standard InChI is InChI=1S/C28H32N4O5S/c1-17-24(26(34)37-28(2,3)4)25(19-9-10-21(35-5)22(12-19)36-6)32-20(16-38-27(32)31-17)13-23(33)30-15-18-8-7-11-29-14-18/h7-12,14,16,25H,13,15H2,1-6H3,(H,30,33)/t25-/m0/s1. The number of hydrogen-bond acceptors (Lipinski definition) is 9. The summed E-state index contributed by atoms with van der Waals surface area (Å²) in [5.74, 6) is 0.483. The molecule has 200 valence electrons. The maximum atomic E-state index is 13.5. The molecule has 38 heavy (non-hydrogen) atoms. The normalized spacial score (nSPS) is 16.9. The molecular weight excluding hydrogens is 504 g/mol. The smallest absolute Gasteiger partial charge is 0.338 e. The van der Waals surface area contributed by atoms with Crippen LogP contribution in [0.2, 0.25) is 0 Å². The molecule has 0 spiro atoms. The third-order valence-corrected chi connectivity index (χ3v) is 6.79. The maximum absolute atomic E-state index is 13.5. The minimum atomic E-state index is -0.693. The average Bonchev–Trinajstić information content (AvgIpc) is 3.27. The number of aliphatic imine (C=N–C) groups is 1. The first kappa shape index (κ1) is 27.3. The molecule has 4 rings (SSSR count). The molecule has 0 radical (unpaired) electrons. The van der Waals surface area contributed by atoms with Crippen molar-refractivity contribution in [1.82, 2.24) is 15.2 Å². The van der Waals surface area contributed by atoms with E-state index < -0.39 is 17.6 Å². The molecule has 1 N–H and O–H groups in total. The molecule has 10 heteroatoms. The summed E-state index contributed by atoms with van der Waals surface area (Å²) in [6, 6.07) is 8.68. The summed E-state index contributed by atoms with van der Waals surface area (Å²) in [6.45, 7) is 7.65. The number of pyridine rings is 1. The topological polar surface area (TPSA) is 102 Å². The van der Waals surface area contributed by atoms with Gasteiger partial charge in [0.15, 0.2) is 16.7 Å². The van der Waals surface area contributed by atoms with Crippen LogP contribution in [0.5, 0.6) is 11.5 Å². The van der Waals surface area contributed by atoms with Gasteiger partial charge in [0, 0.05) is 24.6 Å². The van der Waals surface area contributed by atoms with E-state index in [0.29, 0.717) is 34.5 Å². The van der Waals surface area contributed by atoms with Crippen molar-refractivity contribution in [2.45, 2.75) is 52.3 Å². The molecule has 9 nitrogen and oxygen atoms in total. The summed E-state index contributed by atoms with van der Waals surface area (Å²) in [5, 5.41) is 5.54. The molecule has 1 aromatic carbocycles. The SMILES string of the molecule is COc1ccc([C@H]2C(C(=O)OC(C)(C)C)=C(C)N=C3SC=C(CC(=O)NCc4cccnc4)N32)cc1OC. The van der Waals surface area contributed by atoms with E-state index in [1.807, 2.05) is 55.3 Å². The highest BCUT2D eigenvalue weighted by molar-refractivity contribution is 8.16. The third kappa shape index (κ3) is 6.02. The predicted octanol–water partition coefficient (Wildman–Crippen LogP) is 4.72. The van der Waals surface area contributed by atoms with Gasteiger partial charge in [-0.25, -0.2) is 9.79 Å². The van der Waals surface area contributed by atoms with Gasteiger partial charge in [0.1, 0.15) is 5.60 Å². The van der Waals surface area contributed by atoms with Crippen molar-refractivity contribution in [2.75, 3.05) is 14.2 Å². The first-order valence-electron chi connectivity index (χ1n) is 12.2. The number of carbonyl (C=O) groups is 2. The lowest BCUT2D eigenvalue weighted by molar-refractivity contribution is -0.150. The number of allylic oxidation sites excluding steroid dienone is 1. The van der Waals surface area contributed by atoms with E-state index in [1.54, 1.807) is 39.6 Å². The number of fused-ring (bicyclic) bond motifs is 1. The number of ether oxygens (including phenoxy) is 3. The molecule has 1 aromatic heterocycles. The molecule has 2 aliphatic rings. The Balaban J connectivity index is 1.68. The Labute approximate surface area is 227 Å². The van der Waals surface area contributed by atoms with Gasteiger partial charge in [0.2, 0.25) is 5.91 Å². The zero-order chi connectivity index (χ0) is 27.4. The first-order chi connectivity index (χ1) is 18.1. The van der Waals surface area contributed by atoms with Crippen LogP contribution in [0.15, 0.2) is 70.1 Å². The molecule has 3 heterocycles. The molecule has 0 saturated carbocycles. The summed E-state index contributed by atoms with van der Waals surface area (Å²) < 4.78 is 16.8. The van der Waals surface area contributed by atoms with E-state index in [-0.39, 0.29) is 12.3 Å². The number of carbonyl (C=O) groups excluding carboxylic acids is 2. The number of nitrogens with one attached hydrogen (secondary N) is 1. The first-order valence-corrected chi connectivity index (χ1v) is 13.0.